The van der Waals surface area contributed by atoms with Crippen LogP contribution in [0.4, 0.5) is 4.39 Å². The van der Waals surface area contributed by atoms with Crippen molar-refractivity contribution in [2.75, 3.05) is 13.1 Å². The van der Waals surface area contributed by atoms with Gasteiger partial charge in [-0.2, -0.15) is 0 Å². The van der Waals surface area contributed by atoms with Crippen molar-refractivity contribution in [3.05, 3.63) is 35.6 Å². The predicted octanol–water partition coefficient (Wildman–Crippen LogP) is 2.72. The van der Waals surface area contributed by atoms with Gasteiger partial charge in [-0.1, -0.05) is 26.0 Å². The number of rotatable bonds is 8. The molecule has 1 aromatic carbocycles. The molecule has 1 atom stereocenters. The Balaban J connectivity index is 2.13. The second-order valence-electron chi connectivity index (χ2n) is 5.31. The Bertz CT molecular complexity index is 322. The van der Waals surface area contributed by atoms with Crippen molar-refractivity contribution >= 4 is 0 Å². The monoisotopic (exact) mass is 252 g/mol. The van der Waals surface area contributed by atoms with Crippen LogP contribution in [0.15, 0.2) is 24.3 Å². The Morgan fingerprint density at radius 3 is 2.33 bits per heavy atom. The molecule has 18 heavy (non-hydrogen) atoms. The summed E-state index contributed by atoms with van der Waals surface area (Å²) in [5.74, 6) is 0.549. The van der Waals surface area contributed by atoms with Gasteiger partial charge in [0, 0.05) is 6.04 Å². The standard InChI is InChI=1S/C15H25FN2/c1-12(2)7-9-18-10-8-15(17)11-13-3-5-14(16)6-4-13/h3-6,12,15,18H,7-11,17H2,1-2H3/t15-/m0/s1. The van der Waals surface area contributed by atoms with Crippen LogP contribution in [0, 0.1) is 11.7 Å². The van der Waals surface area contributed by atoms with Crippen LogP contribution >= 0.6 is 0 Å². The third kappa shape index (κ3) is 6.72. The molecule has 1 aromatic rings. The Morgan fingerprint density at radius 1 is 1.11 bits per heavy atom. The summed E-state index contributed by atoms with van der Waals surface area (Å²) in [7, 11) is 0. The van der Waals surface area contributed by atoms with Crippen LogP contribution in [0.3, 0.4) is 0 Å². The Hall–Kier alpha value is -0.930. The molecule has 0 saturated heterocycles. The van der Waals surface area contributed by atoms with Gasteiger partial charge in [0.2, 0.25) is 0 Å². The van der Waals surface area contributed by atoms with E-state index in [-0.39, 0.29) is 11.9 Å². The van der Waals surface area contributed by atoms with Gasteiger partial charge >= 0.3 is 0 Å². The van der Waals surface area contributed by atoms with E-state index < -0.39 is 0 Å². The van der Waals surface area contributed by atoms with Crippen LogP contribution in [0.2, 0.25) is 0 Å². The quantitative estimate of drug-likeness (QED) is 0.698. The topological polar surface area (TPSA) is 38.0 Å². The van der Waals surface area contributed by atoms with Crippen molar-refractivity contribution in [1.29, 1.82) is 0 Å². The van der Waals surface area contributed by atoms with Gasteiger partial charge in [0.25, 0.3) is 0 Å². The predicted molar refractivity (Wildman–Crippen MR) is 75.0 cm³/mol. The van der Waals surface area contributed by atoms with Crippen LogP contribution in [0.25, 0.3) is 0 Å². The minimum Gasteiger partial charge on any atom is -0.327 e. The summed E-state index contributed by atoms with van der Waals surface area (Å²) < 4.78 is 12.7. The first-order chi connectivity index (χ1) is 8.58. The zero-order valence-electron chi connectivity index (χ0n) is 11.5. The van der Waals surface area contributed by atoms with Gasteiger partial charge in [-0.25, -0.2) is 4.39 Å². The van der Waals surface area contributed by atoms with Crippen molar-refractivity contribution in [3.8, 4) is 0 Å². The maximum atomic E-state index is 12.7. The van der Waals surface area contributed by atoms with Crippen molar-refractivity contribution < 1.29 is 4.39 Å². The summed E-state index contributed by atoms with van der Waals surface area (Å²) in [6.07, 6.45) is 2.97. The third-order valence-corrected chi connectivity index (χ3v) is 3.00. The summed E-state index contributed by atoms with van der Waals surface area (Å²) in [5.41, 5.74) is 7.15. The second kappa shape index (κ2) is 8.22. The molecular formula is C15H25FN2. The van der Waals surface area contributed by atoms with E-state index in [1.165, 1.54) is 18.6 Å². The highest BCUT2D eigenvalue weighted by atomic mass is 19.1. The lowest BCUT2D eigenvalue weighted by molar-refractivity contribution is 0.509. The molecule has 0 aromatic heterocycles. The van der Waals surface area contributed by atoms with Crippen LogP contribution in [0.1, 0.15) is 32.3 Å². The van der Waals surface area contributed by atoms with Crippen LogP contribution in [-0.2, 0) is 6.42 Å². The van der Waals surface area contributed by atoms with Gasteiger partial charge < -0.3 is 11.1 Å². The van der Waals surface area contributed by atoms with Gasteiger partial charge in [0.15, 0.2) is 0 Å². The number of nitrogens with two attached hydrogens (primary N) is 1. The molecular weight excluding hydrogens is 227 g/mol. The maximum absolute atomic E-state index is 12.7. The molecule has 0 bridgehead atoms. The molecule has 0 aliphatic rings. The molecule has 0 aliphatic heterocycles. The van der Waals surface area contributed by atoms with E-state index in [0.29, 0.717) is 0 Å². The van der Waals surface area contributed by atoms with E-state index in [0.717, 1.165) is 37.4 Å². The average Bonchev–Trinajstić information content (AvgIpc) is 2.31. The highest BCUT2D eigenvalue weighted by Gasteiger charge is 2.04. The molecule has 0 saturated carbocycles. The third-order valence-electron chi connectivity index (χ3n) is 3.00. The molecule has 0 fully saturated rings. The van der Waals surface area contributed by atoms with Crippen molar-refractivity contribution in [2.24, 2.45) is 11.7 Å². The van der Waals surface area contributed by atoms with E-state index in [1.807, 2.05) is 0 Å². The molecule has 102 valence electrons. The van der Waals surface area contributed by atoms with E-state index in [1.54, 1.807) is 12.1 Å². The molecule has 2 nitrogen and oxygen atoms in total. The fraction of sp³-hybridized carbons (Fsp3) is 0.600. The highest BCUT2D eigenvalue weighted by molar-refractivity contribution is 5.17. The van der Waals surface area contributed by atoms with E-state index >= 15 is 0 Å². The van der Waals surface area contributed by atoms with Gasteiger partial charge in [0.1, 0.15) is 5.82 Å². The summed E-state index contributed by atoms with van der Waals surface area (Å²) in [6.45, 7) is 6.46. The lowest BCUT2D eigenvalue weighted by atomic mass is 10.0. The Morgan fingerprint density at radius 2 is 1.72 bits per heavy atom. The highest BCUT2D eigenvalue weighted by Crippen LogP contribution is 2.06. The molecule has 3 heteroatoms. The van der Waals surface area contributed by atoms with Crippen LogP contribution in [0.5, 0.6) is 0 Å². The van der Waals surface area contributed by atoms with Crippen LogP contribution < -0.4 is 11.1 Å². The maximum Gasteiger partial charge on any atom is 0.123 e. The summed E-state index contributed by atoms with van der Waals surface area (Å²) in [4.78, 5) is 0. The number of benzene rings is 1. The lowest BCUT2D eigenvalue weighted by Gasteiger charge is -2.13. The van der Waals surface area contributed by atoms with E-state index in [9.17, 15) is 4.39 Å². The lowest BCUT2D eigenvalue weighted by Crippen LogP contribution is -2.29. The van der Waals surface area contributed by atoms with E-state index in [2.05, 4.69) is 19.2 Å². The Labute approximate surface area is 110 Å². The first-order valence-corrected chi connectivity index (χ1v) is 6.78. The summed E-state index contributed by atoms with van der Waals surface area (Å²) >= 11 is 0. The molecule has 0 spiro atoms. The molecule has 0 heterocycles. The fourth-order valence-electron chi connectivity index (χ4n) is 1.83. The summed E-state index contributed by atoms with van der Waals surface area (Å²) in [5, 5.41) is 3.40. The summed E-state index contributed by atoms with van der Waals surface area (Å²) in [6, 6.07) is 6.73. The van der Waals surface area contributed by atoms with Gasteiger partial charge in [-0.3, -0.25) is 0 Å². The molecule has 0 aliphatic carbocycles. The Kier molecular flexibility index (Phi) is 6.91. The molecule has 0 unspecified atom stereocenters. The van der Waals surface area contributed by atoms with Gasteiger partial charge in [0.05, 0.1) is 0 Å². The first kappa shape index (κ1) is 15.1. The first-order valence-electron chi connectivity index (χ1n) is 6.78. The second-order valence-corrected chi connectivity index (χ2v) is 5.31. The van der Waals surface area contributed by atoms with Crippen molar-refractivity contribution in [2.45, 2.75) is 39.2 Å². The van der Waals surface area contributed by atoms with E-state index in [4.69, 9.17) is 5.73 Å². The number of halogens is 1. The molecule has 1 rings (SSSR count). The average molecular weight is 252 g/mol. The minimum atomic E-state index is -0.192. The van der Waals surface area contributed by atoms with Crippen molar-refractivity contribution in [1.82, 2.24) is 5.32 Å². The van der Waals surface area contributed by atoms with Gasteiger partial charge in [-0.05, 0) is 56.0 Å². The largest absolute Gasteiger partial charge is 0.327 e. The minimum absolute atomic E-state index is 0.141. The zero-order chi connectivity index (χ0) is 13.4. The van der Waals surface area contributed by atoms with Gasteiger partial charge in [-0.15, -0.1) is 0 Å². The molecule has 0 amide bonds. The number of hydrogen-bond donors (Lipinski definition) is 2. The van der Waals surface area contributed by atoms with Crippen molar-refractivity contribution in [3.63, 3.8) is 0 Å². The normalized spacial score (nSPS) is 12.9. The molecule has 3 N–H and O–H groups in total. The SMILES string of the molecule is CC(C)CCNCC[C@H](N)Cc1ccc(F)cc1. The smallest absolute Gasteiger partial charge is 0.123 e. The van der Waals surface area contributed by atoms with Crippen LogP contribution in [-0.4, -0.2) is 19.1 Å². The zero-order valence-corrected chi connectivity index (χ0v) is 11.5. The number of nitrogens with one attached hydrogen (secondary N) is 1. The fourth-order valence-corrected chi connectivity index (χ4v) is 1.83. The number of hydrogen-bond acceptors (Lipinski definition) is 2. The molecule has 0 radical (unpaired) electrons.